The van der Waals surface area contributed by atoms with Crippen LogP contribution in [0.1, 0.15) is 85.1 Å². The van der Waals surface area contributed by atoms with Crippen LogP contribution >= 0.6 is 0 Å². The summed E-state index contributed by atoms with van der Waals surface area (Å²) in [6, 6.07) is 18.7. The number of pyridine rings is 1. The first-order valence-electron chi connectivity index (χ1n) is 13.1. The van der Waals surface area contributed by atoms with Crippen molar-refractivity contribution in [3.05, 3.63) is 82.0 Å². The Kier molecular flexibility index (Phi) is 6.74. The van der Waals surface area contributed by atoms with Gasteiger partial charge in [0.05, 0.1) is 12.8 Å². The van der Waals surface area contributed by atoms with Gasteiger partial charge >= 0.3 is 0 Å². The minimum Gasteiger partial charge on any atom is -0.496 e. The zero-order valence-corrected chi connectivity index (χ0v) is 21.2. The van der Waals surface area contributed by atoms with Crippen molar-refractivity contribution in [3.8, 4) is 17.0 Å². The van der Waals surface area contributed by atoms with Gasteiger partial charge in [0.25, 0.3) is 0 Å². The number of methoxy groups -OCH3 is 1. The molecule has 3 heteroatoms. The van der Waals surface area contributed by atoms with Crippen LogP contribution in [0, 0.1) is 0 Å². The van der Waals surface area contributed by atoms with Gasteiger partial charge in [0.15, 0.2) is 0 Å². The van der Waals surface area contributed by atoms with Crippen LogP contribution in [-0.2, 0) is 25.7 Å². The number of aryl methyl sites for hydroxylation is 4. The number of hydrogen-bond acceptors (Lipinski definition) is 3. The predicted octanol–water partition coefficient (Wildman–Crippen LogP) is 7.27. The molecule has 0 radical (unpaired) electrons. The fourth-order valence-corrected chi connectivity index (χ4v) is 6.38. The quantitative estimate of drug-likeness (QED) is 0.392. The highest BCUT2D eigenvalue weighted by molar-refractivity contribution is 5.70. The lowest BCUT2D eigenvalue weighted by atomic mass is 9.83. The van der Waals surface area contributed by atoms with Gasteiger partial charge in [0, 0.05) is 35.0 Å². The first kappa shape index (κ1) is 23.1. The van der Waals surface area contributed by atoms with E-state index in [4.69, 9.17) is 9.72 Å². The molecular formula is C31H38N2O. The maximum atomic E-state index is 6.09. The Morgan fingerprint density at radius 2 is 1.62 bits per heavy atom. The van der Waals surface area contributed by atoms with Crippen LogP contribution < -0.4 is 4.74 Å². The summed E-state index contributed by atoms with van der Waals surface area (Å²) < 4.78 is 6.09. The maximum absolute atomic E-state index is 6.09. The van der Waals surface area contributed by atoms with Gasteiger partial charge in [-0.2, -0.15) is 0 Å². The molecule has 2 aromatic carbocycles. The molecule has 0 saturated carbocycles. The Hall–Kier alpha value is -2.65. The Morgan fingerprint density at radius 3 is 2.35 bits per heavy atom. The summed E-state index contributed by atoms with van der Waals surface area (Å²) in [4.78, 5) is 7.95. The number of fused-ring (bicyclic) bond motifs is 2. The summed E-state index contributed by atoms with van der Waals surface area (Å²) in [6.07, 6.45) is 9.06. The first-order chi connectivity index (χ1) is 16.7. The molecule has 2 atom stereocenters. The third-order valence-corrected chi connectivity index (χ3v) is 8.12. The second kappa shape index (κ2) is 9.92. The van der Waals surface area contributed by atoms with Crippen molar-refractivity contribution >= 4 is 0 Å². The number of hydrogen-bond donors (Lipinski definition) is 0. The van der Waals surface area contributed by atoms with Crippen molar-refractivity contribution < 1.29 is 4.74 Å². The highest BCUT2D eigenvalue weighted by atomic mass is 16.5. The lowest BCUT2D eigenvalue weighted by molar-refractivity contribution is 0.139. The van der Waals surface area contributed by atoms with E-state index in [0.29, 0.717) is 12.1 Å². The molecule has 3 nitrogen and oxygen atoms in total. The average Bonchev–Trinajstić information content (AvgIpc) is 2.90. The summed E-state index contributed by atoms with van der Waals surface area (Å²) in [7, 11) is 4.15. The van der Waals surface area contributed by atoms with Crippen molar-refractivity contribution in [3.63, 3.8) is 0 Å². The number of benzene rings is 2. The molecule has 0 aliphatic heterocycles. The molecule has 0 saturated heterocycles. The minimum atomic E-state index is 0.337. The van der Waals surface area contributed by atoms with E-state index in [1.807, 2.05) is 7.11 Å². The fourth-order valence-electron chi connectivity index (χ4n) is 6.38. The maximum Gasteiger partial charge on any atom is 0.127 e. The third-order valence-electron chi connectivity index (χ3n) is 8.12. The molecule has 0 spiro atoms. The zero-order valence-electron chi connectivity index (χ0n) is 21.2. The Balaban J connectivity index is 1.58. The monoisotopic (exact) mass is 454 g/mol. The van der Waals surface area contributed by atoms with Crippen LogP contribution in [-0.4, -0.2) is 24.0 Å². The van der Waals surface area contributed by atoms with Gasteiger partial charge in [-0.05, 0) is 80.7 Å². The number of rotatable bonds is 6. The Bertz CT molecular complexity index is 1130. The highest BCUT2D eigenvalue weighted by Gasteiger charge is 2.34. The molecule has 0 amide bonds. The number of aromatic nitrogens is 1. The molecule has 0 N–H and O–H groups in total. The molecule has 0 unspecified atom stereocenters. The summed E-state index contributed by atoms with van der Waals surface area (Å²) in [5.41, 5.74) is 10.7. The van der Waals surface area contributed by atoms with E-state index in [-0.39, 0.29) is 0 Å². The third kappa shape index (κ3) is 4.05. The highest BCUT2D eigenvalue weighted by Crippen LogP contribution is 2.46. The molecule has 5 rings (SSSR count). The Morgan fingerprint density at radius 1 is 0.912 bits per heavy atom. The van der Waals surface area contributed by atoms with Crippen molar-refractivity contribution in [2.75, 3.05) is 14.2 Å². The molecule has 178 valence electrons. The van der Waals surface area contributed by atoms with Crippen molar-refractivity contribution in [2.45, 2.75) is 77.3 Å². The standard InChI is InChI=1S/C31H38N2O/c1-5-21-13-9-14-22(6-2)30(21)26-20-29(34-4)31-25(32-26)17-11-19-28(31)33(3)27-18-10-15-23-12-7-8-16-24(23)27/h7-9,12-14,16,20,27-28H,5-6,10-11,15,17-19H2,1-4H3/t27-,28+/m0/s1. The molecule has 0 fully saturated rings. The number of ether oxygens (including phenoxy) is 1. The van der Waals surface area contributed by atoms with Crippen LogP contribution in [0.3, 0.4) is 0 Å². The molecule has 34 heavy (non-hydrogen) atoms. The van der Waals surface area contributed by atoms with Gasteiger partial charge < -0.3 is 4.74 Å². The molecule has 1 aromatic heterocycles. The van der Waals surface area contributed by atoms with Gasteiger partial charge in [-0.3, -0.25) is 9.88 Å². The molecule has 2 aliphatic rings. The minimum absolute atomic E-state index is 0.337. The molecule has 3 aromatic rings. The summed E-state index contributed by atoms with van der Waals surface area (Å²) in [5.74, 6) is 1.01. The predicted molar refractivity (Wildman–Crippen MR) is 141 cm³/mol. The van der Waals surface area contributed by atoms with E-state index in [2.05, 4.69) is 74.3 Å². The van der Waals surface area contributed by atoms with E-state index in [1.165, 1.54) is 64.8 Å². The van der Waals surface area contributed by atoms with Gasteiger partial charge in [0.1, 0.15) is 5.75 Å². The smallest absolute Gasteiger partial charge is 0.127 e. The first-order valence-corrected chi connectivity index (χ1v) is 13.1. The van der Waals surface area contributed by atoms with Crippen LogP contribution in [0.15, 0.2) is 48.5 Å². The second-order valence-electron chi connectivity index (χ2n) is 9.91. The van der Waals surface area contributed by atoms with Gasteiger partial charge in [0.2, 0.25) is 0 Å². The van der Waals surface area contributed by atoms with E-state index >= 15 is 0 Å². The van der Waals surface area contributed by atoms with Crippen molar-refractivity contribution in [1.29, 1.82) is 0 Å². The Labute approximate surface area is 205 Å². The number of nitrogens with zero attached hydrogens (tertiary/aromatic N) is 2. The molecule has 0 bridgehead atoms. The second-order valence-corrected chi connectivity index (χ2v) is 9.91. The van der Waals surface area contributed by atoms with Gasteiger partial charge in [-0.15, -0.1) is 0 Å². The van der Waals surface area contributed by atoms with Crippen LogP contribution in [0.25, 0.3) is 11.3 Å². The van der Waals surface area contributed by atoms with Gasteiger partial charge in [-0.1, -0.05) is 56.3 Å². The normalized spacial score (nSPS) is 19.6. The average molecular weight is 455 g/mol. The molecular weight excluding hydrogens is 416 g/mol. The SMILES string of the molecule is CCc1cccc(CC)c1-c1cc(OC)c2c(n1)CCC[C@H]2N(C)[C@H]1CCCc2ccccc21. The summed E-state index contributed by atoms with van der Waals surface area (Å²) in [5, 5.41) is 0. The summed E-state index contributed by atoms with van der Waals surface area (Å²) in [6.45, 7) is 4.47. The van der Waals surface area contributed by atoms with Crippen LogP contribution in [0.2, 0.25) is 0 Å². The fraction of sp³-hybridized carbons (Fsp3) is 0.452. The van der Waals surface area contributed by atoms with E-state index in [0.717, 1.165) is 37.1 Å². The van der Waals surface area contributed by atoms with Crippen molar-refractivity contribution in [2.24, 2.45) is 0 Å². The summed E-state index contributed by atoms with van der Waals surface area (Å²) >= 11 is 0. The van der Waals surface area contributed by atoms with E-state index in [9.17, 15) is 0 Å². The molecule has 2 aliphatic carbocycles. The lowest BCUT2D eigenvalue weighted by Gasteiger charge is -2.41. The van der Waals surface area contributed by atoms with E-state index < -0.39 is 0 Å². The zero-order chi connectivity index (χ0) is 23.7. The van der Waals surface area contributed by atoms with Crippen LogP contribution in [0.4, 0.5) is 0 Å². The largest absolute Gasteiger partial charge is 0.496 e. The van der Waals surface area contributed by atoms with E-state index in [1.54, 1.807) is 0 Å². The lowest BCUT2D eigenvalue weighted by Crippen LogP contribution is -2.34. The topological polar surface area (TPSA) is 25.4 Å². The van der Waals surface area contributed by atoms with Crippen molar-refractivity contribution in [1.82, 2.24) is 9.88 Å². The van der Waals surface area contributed by atoms with Gasteiger partial charge in [-0.25, -0.2) is 0 Å². The van der Waals surface area contributed by atoms with Crippen LogP contribution in [0.5, 0.6) is 5.75 Å². The molecule has 1 heterocycles.